The van der Waals surface area contributed by atoms with Gasteiger partial charge in [0.1, 0.15) is 11.9 Å². The summed E-state index contributed by atoms with van der Waals surface area (Å²) < 4.78 is 18.6. The summed E-state index contributed by atoms with van der Waals surface area (Å²) in [6.07, 6.45) is 6.47. The Hall–Kier alpha value is -0.890. The molecule has 1 heterocycles. The second-order valence-corrected chi connectivity index (χ2v) is 4.67. The van der Waals surface area contributed by atoms with Gasteiger partial charge in [-0.2, -0.15) is 0 Å². The van der Waals surface area contributed by atoms with Gasteiger partial charge in [0.15, 0.2) is 0 Å². The molecule has 15 heavy (non-hydrogen) atoms. The maximum atomic E-state index is 12.8. The normalized spacial score (nSPS) is 27.9. The highest BCUT2D eigenvalue weighted by atomic mass is 19.1. The Morgan fingerprint density at radius 3 is 2.40 bits per heavy atom. The number of epoxide rings is 1. The molecule has 1 aromatic rings. The minimum absolute atomic E-state index is 0.121. The lowest BCUT2D eigenvalue weighted by molar-refractivity contribution is 0.233. The molecule has 1 atom stereocenters. The zero-order chi connectivity index (χ0) is 10.3. The maximum Gasteiger partial charge on any atom is 0.123 e. The van der Waals surface area contributed by atoms with Gasteiger partial charge in [-0.05, 0) is 30.5 Å². The minimum atomic E-state index is -0.169. The van der Waals surface area contributed by atoms with Crippen molar-refractivity contribution in [1.29, 1.82) is 0 Å². The Morgan fingerprint density at radius 2 is 1.73 bits per heavy atom. The number of benzene rings is 1. The second-order valence-electron chi connectivity index (χ2n) is 4.67. The monoisotopic (exact) mass is 206 g/mol. The summed E-state index contributed by atoms with van der Waals surface area (Å²) in [4.78, 5) is 0. The topological polar surface area (TPSA) is 12.5 Å². The first-order valence-electron chi connectivity index (χ1n) is 5.73. The highest BCUT2D eigenvalue weighted by molar-refractivity contribution is 5.27. The Kier molecular flexibility index (Phi) is 2.06. The van der Waals surface area contributed by atoms with Gasteiger partial charge in [0.25, 0.3) is 0 Å². The van der Waals surface area contributed by atoms with Crippen molar-refractivity contribution in [1.82, 2.24) is 0 Å². The first-order valence-corrected chi connectivity index (χ1v) is 5.73. The van der Waals surface area contributed by atoms with Gasteiger partial charge in [-0.3, -0.25) is 0 Å². The lowest BCUT2D eigenvalue weighted by Gasteiger charge is -2.18. The molecule has 3 rings (SSSR count). The van der Waals surface area contributed by atoms with Crippen LogP contribution in [0.5, 0.6) is 0 Å². The van der Waals surface area contributed by atoms with Gasteiger partial charge in [0, 0.05) is 0 Å². The molecule has 2 heteroatoms. The number of halogens is 1. The average Bonchev–Trinajstić information content (AvgIpc) is 2.94. The van der Waals surface area contributed by atoms with Crippen LogP contribution in [0.4, 0.5) is 4.39 Å². The van der Waals surface area contributed by atoms with E-state index < -0.39 is 0 Å². The van der Waals surface area contributed by atoms with Gasteiger partial charge in [0.05, 0.1) is 5.60 Å². The predicted octanol–water partition coefficient (Wildman–Crippen LogP) is 3.60. The molecule has 0 bridgehead atoms. The van der Waals surface area contributed by atoms with Crippen molar-refractivity contribution in [3.05, 3.63) is 35.6 Å². The van der Waals surface area contributed by atoms with Crippen LogP contribution in [0, 0.1) is 5.82 Å². The van der Waals surface area contributed by atoms with E-state index in [1.165, 1.54) is 44.2 Å². The Balaban J connectivity index is 1.77. The highest BCUT2D eigenvalue weighted by Crippen LogP contribution is 2.57. The van der Waals surface area contributed by atoms with Crippen LogP contribution in [0.25, 0.3) is 0 Å². The van der Waals surface area contributed by atoms with E-state index >= 15 is 0 Å². The van der Waals surface area contributed by atoms with Crippen LogP contribution in [0.3, 0.4) is 0 Å². The summed E-state index contributed by atoms with van der Waals surface area (Å²) in [5.74, 6) is -0.169. The van der Waals surface area contributed by atoms with Crippen molar-refractivity contribution in [2.45, 2.75) is 43.8 Å². The fourth-order valence-electron chi connectivity index (χ4n) is 2.74. The molecule has 2 fully saturated rings. The largest absolute Gasteiger partial charge is 0.361 e. The molecule has 0 N–H and O–H groups in total. The third-order valence-corrected chi connectivity index (χ3v) is 3.65. The van der Waals surface area contributed by atoms with Crippen molar-refractivity contribution < 1.29 is 9.13 Å². The highest BCUT2D eigenvalue weighted by Gasteiger charge is 2.56. The van der Waals surface area contributed by atoms with E-state index in [-0.39, 0.29) is 17.5 Å². The van der Waals surface area contributed by atoms with E-state index in [1.54, 1.807) is 0 Å². The first kappa shape index (κ1) is 9.34. The first-order chi connectivity index (χ1) is 7.30. The number of hydrogen-bond donors (Lipinski definition) is 0. The standard InChI is InChI=1S/C13H15FO/c14-11-6-4-10(5-7-11)12-13(15-12)8-2-1-3-9-13/h4-7,12H,1-3,8-9H2. The van der Waals surface area contributed by atoms with Crippen LogP contribution in [0.1, 0.15) is 43.8 Å². The molecule has 0 amide bonds. The van der Waals surface area contributed by atoms with Gasteiger partial charge in [-0.1, -0.05) is 31.4 Å². The molecule has 1 nitrogen and oxygen atoms in total. The number of rotatable bonds is 1. The molecule has 2 aliphatic rings. The molecule has 0 radical (unpaired) electrons. The molecule has 1 unspecified atom stereocenters. The molecular weight excluding hydrogens is 191 g/mol. The van der Waals surface area contributed by atoms with E-state index in [0.717, 1.165) is 5.56 Å². The lowest BCUT2D eigenvalue weighted by Crippen LogP contribution is -2.16. The molecule has 1 spiro atoms. The lowest BCUT2D eigenvalue weighted by atomic mass is 9.84. The average molecular weight is 206 g/mol. The van der Waals surface area contributed by atoms with E-state index in [2.05, 4.69) is 0 Å². The van der Waals surface area contributed by atoms with Crippen LogP contribution in [0.2, 0.25) is 0 Å². The summed E-state index contributed by atoms with van der Waals surface area (Å²) in [5, 5.41) is 0. The van der Waals surface area contributed by atoms with Gasteiger partial charge < -0.3 is 4.74 Å². The van der Waals surface area contributed by atoms with Gasteiger partial charge in [-0.25, -0.2) is 4.39 Å². The Morgan fingerprint density at radius 1 is 1.07 bits per heavy atom. The van der Waals surface area contributed by atoms with Crippen LogP contribution >= 0.6 is 0 Å². The van der Waals surface area contributed by atoms with Crippen LogP contribution < -0.4 is 0 Å². The molecule has 1 saturated heterocycles. The van der Waals surface area contributed by atoms with Crippen molar-refractivity contribution in [3.63, 3.8) is 0 Å². The second kappa shape index (κ2) is 3.31. The molecule has 1 saturated carbocycles. The number of ether oxygens (including phenoxy) is 1. The SMILES string of the molecule is Fc1ccc(C2OC23CCCCC3)cc1. The van der Waals surface area contributed by atoms with Crippen molar-refractivity contribution in [2.75, 3.05) is 0 Å². The summed E-state index contributed by atoms with van der Waals surface area (Å²) in [7, 11) is 0. The van der Waals surface area contributed by atoms with Gasteiger partial charge in [0.2, 0.25) is 0 Å². The molecule has 1 aliphatic heterocycles. The fourth-order valence-corrected chi connectivity index (χ4v) is 2.74. The molecule has 80 valence electrons. The van der Waals surface area contributed by atoms with E-state index in [1.807, 2.05) is 12.1 Å². The summed E-state index contributed by atoms with van der Waals surface area (Å²) in [6, 6.07) is 6.74. The Labute approximate surface area is 89.3 Å². The molecule has 1 aliphatic carbocycles. The van der Waals surface area contributed by atoms with Gasteiger partial charge in [-0.15, -0.1) is 0 Å². The maximum absolute atomic E-state index is 12.8. The smallest absolute Gasteiger partial charge is 0.123 e. The van der Waals surface area contributed by atoms with E-state index in [9.17, 15) is 4.39 Å². The van der Waals surface area contributed by atoms with Crippen molar-refractivity contribution in [2.24, 2.45) is 0 Å². The van der Waals surface area contributed by atoms with Gasteiger partial charge >= 0.3 is 0 Å². The van der Waals surface area contributed by atoms with E-state index in [4.69, 9.17) is 4.74 Å². The van der Waals surface area contributed by atoms with Crippen LogP contribution in [0.15, 0.2) is 24.3 Å². The minimum Gasteiger partial charge on any atom is -0.361 e. The molecule has 0 aromatic heterocycles. The zero-order valence-corrected chi connectivity index (χ0v) is 8.71. The Bertz CT molecular complexity index is 351. The fraction of sp³-hybridized carbons (Fsp3) is 0.538. The third kappa shape index (κ3) is 1.57. The third-order valence-electron chi connectivity index (χ3n) is 3.65. The molecule has 1 aromatic carbocycles. The quantitative estimate of drug-likeness (QED) is 0.639. The van der Waals surface area contributed by atoms with Crippen molar-refractivity contribution >= 4 is 0 Å². The van der Waals surface area contributed by atoms with E-state index in [0.29, 0.717) is 0 Å². The van der Waals surface area contributed by atoms with Crippen molar-refractivity contribution in [3.8, 4) is 0 Å². The zero-order valence-electron chi connectivity index (χ0n) is 8.71. The molecular formula is C13H15FO. The van der Waals surface area contributed by atoms with Crippen LogP contribution in [-0.4, -0.2) is 5.60 Å². The predicted molar refractivity (Wildman–Crippen MR) is 56.0 cm³/mol. The summed E-state index contributed by atoms with van der Waals surface area (Å²) >= 11 is 0. The number of hydrogen-bond acceptors (Lipinski definition) is 1. The summed E-state index contributed by atoms with van der Waals surface area (Å²) in [5.41, 5.74) is 1.26. The van der Waals surface area contributed by atoms with Crippen LogP contribution in [-0.2, 0) is 4.74 Å². The summed E-state index contributed by atoms with van der Waals surface area (Å²) in [6.45, 7) is 0.